The van der Waals surface area contributed by atoms with Crippen molar-refractivity contribution in [2.75, 3.05) is 45.8 Å². The second-order valence-electron chi connectivity index (χ2n) is 5.37. The topological polar surface area (TPSA) is 35.6 Å². The lowest BCUT2D eigenvalue weighted by atomic mass is 10.1. The van der Waals surface area contributed by atoms with Crippen molar-refractivity contribution in [3.8, 4) is 0 Å². The van der Waals surface area contributed by atoms with E-state index in [2.05, 4.69) is 17.1 Å². The fraction of sp³-hybridized carbons (Fsp3) is 0.562. The second kappa shape index (κ2) is 8.10. The first kappa shape index (κ1) is 15.9. The van der Waals surface area contributed by atoms with Gasteiger partial charge in [0.2, 0.25) is 5.91 Å². The highest BCUT2D eigenvalue weighted by atomic mass is 19.1. The van der Waals surface area contributed by atoms with Crippen LogP contribution in [0.3, 0.4) is 0 Å². The Kier molecular flexibility index (Phi) is 6.14. The first-order chi connectivity index (χ1) is 10.2. The molecule has 1 saturated heterocycles. The summed E-state index contributed by atoms with van der Waals surface area (Å²) < 4.78 is 12.8. The van der Waals surface area contributed by atoms with Gasteiger partial charge in [0.15, 0.2) is 0 Å². The summed E-state index contributed by atoms with van der Waals surface area (Å²) in [7, 11) is 0. The highest BCUT2D eigenvalue weighted by Crippen LogP contribution is 2.03. The minimum atomic E-state index is -0.215. The van der Waals surface area contributed by atoms with Gasteiger partial charge in [0.05, 0.1) is 6.54 Å². The molecule has 1 aromatic carbocycles. The molecular formula is C16H24FN3O. The van der Waals surface area contributed by atoms with Crippen LogP contribution < -0.4 is 5.32 Å². The number of rotatable bonds is 6. The molecule has 0 aromatic heterocycles. The van der Waals surface area contributed by atoms with Crippen LogP contribution in [0.4, 0.5) is 4.39 Å². The molecule has 0 aliphatic carbocycles. The van der Waals surface area contributed by atoms with Crippen LogP contribution in [-0.4, -0.2) is 61.5 Å². The van der Waals surface area contributed by atoms with E-state index < -0.39 is 0 Å². The predicted molar refractivity (Wildman–Crippen MR) is 81.7 cm³/mol. The van der Waals surface area contributed by atoms with Crippen LogP contribution in [0.1, 0.15) is 12.5 Å². The minimum absolute atomic E-state index is 0.171. The molecule has 2 rings (SSSR count). The van der Waals surface area contributed by atoms with Crippen LogP contribution >= 0.6 is 0 Å². The number of amides is 1. The van der Waals surface area contributed by atoms with Crippen molar-refractivity contribution in [3.05, 3.63) is 35.6 Å². The number of carbonyl (C=O) groups is 1. The Morgan fingerprint density at radius 2 is 1.86 bits per heavy atom. The van der Waals surface area contributed by atoms with Crippen LogP contribution in [0.2, 0.25) is 0 Å². The van der Waals surface area contributed by atoms with Crippen molar-refractivity contribution < 1.29 is 9.18 Å². The molecule has 1 aliphatic rings. The molecule has 1 fully saturated rings. The molecule has 1 amide bonds. The molecule has 1 heterocycles. The van der Waals surface area contributed by atoms with Crippen molar-refractivity contribution in [1.29, 1.82) is 0 Å². The van der Waals surface area contributed by atoms with Gasteiger partial charge >= 0.3 is 0 Å². The predicted octanol–water partition coefficient (Wildman–Crippen LogP) is 1.12. The summed E-state index contributed by atoms with van der Waals surface area (Å²) >= 11 is 0. The standard InChI is InChI=1S/C16H24FN3O/c1-2-19-9-11-20(12-10-19)16(21)13-18-8-7-14-3-5-15(17)6-4-14/h3-6,18H,2,7-13H2,1H3. The maximum Gasteiger partial charge on any atom is 0.236 e. The number of carbonyl (C=O) groups excluding carboxylic acids is 1. The highest BCUT2D eigenvalue weighted by molar-refractivity contribution is 5.78. The third-order valence-corrected chi connectivity index (χ3v) is 3.95. The summed E-state index contributed by atoms with van der Waals surface area (Å²) in [4.78, 5) is 16.3. The van der Waals surface area contributed by atoms with Crippen molar-refractivity contribution in [2.24, 2.45) is 0 Å². The highest BCUT2D eigenvalue weighted by Gasteiger charge is 2.19. The van der Waals surface area contributed by atoms with E-state index in [1.807, 2.05) is 4.90 Å². The lowest BCUT2D eigenvalue weighted by Gasteiger charge is -2.34. The van der Waals surface area contributed by atoms with E-state index in [1.54, 1.807) is 12.1 Å². The van der Waals surface area contributed by atoms with Gasteiger partial charge in [0.25, 0.3) is 0 Å². The van der Waals surface area contributed by atoms with E-state index in [0.717, 1.165) is 51.3 Å². The van der Waals surface area contributed by atoms with Crippen molar-refractivity contribution in [3.63, 3.8) is 0 Å². The zero-order valence-corrected chi connectivity index (χ0v) is 12.6. The quantitative estimate of drug-likeness (QED) is 0.799. The van der Waals surface area contributed by atoms with Gasteiger partial charge in [-0.05, 0) is 37.2 Å². The number of hydrogen-bond acceptors (Lipinski definition) is 3. The number of piperazine rings is 1. The lowest BCUT2D eigenvalue weighted by molar-refractivity contribution is -0.131. The zero-order chi connectivity index (χ0) is 15.1. The normalized spacial score (nSPS) is 16.2. The van der Waals surface area contributed by atoms with Crippen molar-refractivity contribution in [2.45, 2.75) is 13.3 Å². The molecule has 0 saturated carbocycles. The molecule has 5 heteroatoms. The molecule has 116 valence electrons. The Labute approximate surface area is 125 Å². The van der Waals surface area contributed by atoms with Gasteiger partial charge in [-0.15, -0.1) is 0 Å². The monoisotopic (exact) mass is 293 g/mol. The molecule has 0 radical (unpaired) electrons. The minimum Gasteiger partial charge on any atom is -0.339 e. The van der Waals surface area contributed by atoms with Gasteiger partial charge in [0, 0.05) is 26.2 Å². The number of likely N-dealkylation sites (N-methyl/N-ethyl adjacent to an activating group) is 1. The van der Waals surface area contributed by atoms with Crippen molar-refractivity contribution >= 4 is 5.91 Å². The smallest absolute Gasteiger partial charge is 0.236 e. The maximum absolute atomic E-state index is 12.8. The van der Waals surface area contributed by atoms with Gasteiger partial charge < -0.3 is 15.1 Å². The molecule has 1 aromatic rings. The zero-order valence-electron chi connectivity index (χ0n) is 12.6. The van der Waals surface area contributed by atoms with E-state index in [4.69, 9.17) is 0 Å². The van der Waals surface area contributed by atoms with Gasteiger partial charge in [-0.1, -0.05) is 19.1 Å². The van der Waals surface area contributed by atoms with E-state index >= 15 is 0 Å². The van der Waals surface area contributed by atoms with Gasteiger partial charge in [-0.25, -0.2) is 4.39 Å². The van der Waals surface area contributed by atoms with E-state index in [0.29, 0.717) is 6.54 Å². The average Bonchev–Trinajstić information content (AvgIpc) is 2.53. The summed E-state index contributed by atoms with van der Waals surface area (Å²) in [5.41, 5.74) is 1.08. The molecule has 1 aliphatic heterocycles. The molecule has 21 heavy (non-hydrogen) atoms. The number of nitrogens with one attached hydrogen (secondary N) is 1. The Balaban J connectivity index is 1.62. The fourth-order valence-corrected chi connectivity index (χ4v) is 2.50. The third kappa shape index (κ3) is 5.10. The lowest BCUT2D eigenvalue weighted by Crippen LogP contribution is -2.50. The van der Waals surface area contributed by atoms with E-state index in [1.165, 1.54) is 12.1 Å². The van der Waals surface area contributed by atoms with Gasteiger partial charge in [0.1, 0.15) is 5.82 Å². The summed E-state index contributed by atoms with van der Waals surface area (Å²) in [5.74, 6) is -0.0435. The molecule has 4 nitrogen and oxygen atoms in total. The van der Waals surface area contributed by atoms with Crippen LogP contribution in [-0.2, 0) is 11.2 Å². The Bertz CT molecular complexity index is 441. The van der Waals surface area contributed by atoms with E-state index in [-0.39, 0.29) is 11.7 Å². The average molecular weight is 293 g/mol. The second-order valence-corrected chi connectivity index (χ2v) is 5.37. The Morgan fingerprint density at radius 1 is 1.19 bits per heavy atom. The van der Waals surface area contributed by atoms with Crippen LogP contribution in [0.15, 0.2) is 24.3 Å². The summed E-state index contributed by atoms with van der Waals surface area (Å²) in [5, 5.41) is 3.17. The molecule has 0 bridgehead atoms. The number of nitrogens with zero attached hydrogens (tertiary/aromatic N) is 2. The summed E-state index contributed by atoms with van der Waals surface area (Å²) in [6.45, 7) is 7.90. The SMILES string of the molecule is CCN1CCN(C(=O)CNCCc2ccc(F)cc2)CC1. The summed E-state index contributed by atoms with van der Waals surface area (Å²) in [6, 6.07) is 6.49. The summed E-state index contributed by atoms with van der Waals surface area (Å²) in [6.07, 6.45) is 0.803. The first-order valence-corrected chi connectivity index (χ1v) is 7.64. The largest absolute Gasteiger partial charge is 0.339 e. The van der Waals surface area contributed by atoms with Crippen LogP contribution in [0.25, 0.3) is 0 Å². The third-order valence-electron chi connectivity index (χ3n) is 3.95. The van der Waals surface area contributed by atoms with Crippen LogP contribution in [0.5, 0.6) is 0 Å². The molecule has 0 spiro atoms. The molecule has 0 atom stereocenters. The van der Waals surface area contributed by atoms with Crippen LogP contribution in [0, 0.1) is 5.82 Å². The van der Waals surface area contributed by atoms with Gasteiger partial charge in [-0.3, -0.25) is 4.79 Å². The number of halogens is 1. The number of hydrogen-bond donors (Lipinski definition) is 1. The molecular weight excluding hydrogens is 269 g/mol. The maximum atomic E-state index is 12.8. The fourth-order valence-electron chi connectivity index (χ4n) is 2.50. The molecule has 1 N–H and O–H groups in total. The first-order valence-electron chi connectivity index (χ1n) is 7.64. The van der Waals surface area contributed by atoms with Gasteiger partial charge in [-0.2, -0.15) is 0 Å². The Morgan fingerprint density at radius 3 is 2.48 bits per heavy atom. The number of benzene rings is 1. The van der Waals surface area contributed by atoms with Crippen molar-refractivity contribution in [1.82, 2.24) is 15.1 Å². The molecule has 0 unspecified atom stereocenters. The van der Waals surface area contributed by atoms with E-state index in [9.17, 15) is 9.18 Å². The Hall–Kier alpha value is -1.46.